The van der Waals surface area contributed by atoms with E-state index in [0.717, 1.165) is 88.4 Å². The van der Waals surface area contributed by atoms with Crippen LogP contribution in [-0.4, -0.2) is 95.2 Å². The lowest BCUT2D eigenvalue weighted by Gasteiger charge is -2.33. The molecule has 5 amide bonds. The third kappa shape index (κ3) is 10.2. The first kappa shape index (κ1) is 42.9. The minimum Gasteiger partial charge on any atom is -0.494 e. The molecular formula is C43H50ClF3N8O5. The van der Waals surface area contributed by atoms with Gasteiger partial charge in [-0.1, -0.05) is 30.5 Å². The van der Waals surface area contributed by atoms with E-state index in [4.69, 9.17) is 21.4 Å². The van der Waals surface area contributed by atoms with Gasteiger partial charge in [-0.05, 0) is 107 Å². The van der Waals surface area contributed by atoms with Crippen molar-refractivity contribution in [2.24, 2.45) is 11.8 Å². The molecule has 3 aliphatic rings. The highest BCUT2D eigenvalue weighted by atomic mass is 35.5. The van der Waals surface area contributed by atoms with Gasteiger partial charge in [0, 0.05) is 55.8 Å². The van der Waals surface area contributed by atoms with Gasteiger partial charge in [0.05, 0.1) is 35.1 Å². The zero-order valence-electron chi connectivity index (χ0n) is 33.8. The summed E-state index contributed by atoms with van der Waals surface area (Å²) in [7, 11) is 3.65. The molecule has 2 aliphatic heterocycles. The molecule has 2 aromatic heterocycles. The Balaban J connectivity index is 0.818. The number of aromatic nitrogens is 3. The number of unbranched alkanes of at least 4 members (excludes halogenated alkanes) is 1. The number of rotatable bonds is 13. The minimum atomic E-state index is -4.67. The van der Waals surface area contributed by atoms with Crippen molar-refractivity contribution in [3.8, 4) is 5.75 Å². The number of piperidine rings is 1. The number of methoxy groups -OCH3 is 1. The first-order chi connectivity index (χ1) is 28.7. The van der Waals surface area contributed by atoms with Crippen molar-refractivity contribution in [3.05, 3.63) is 76.7 Å². The summed E-state index contributed by atoms with van der Waals surface area (Å²) in [4.78, 5) is 59.5. The van der Waals surface area contributed by atoms with Gasteiger partial charge in [0.25, 0.3) is 11.8 Å². The lowest BCUT2D eigenvalue weighted by Crippen LogP contribution is -2.49. The number of hydrogen-bond acceptors (Lipinski definition) is 8. The first-order valence-corrected chi connectivity index (χ1v) is 20.9. The Kier molecular flexibility index (Phi) is 13.3. The van der Waals surface area contributed by atoms with E-state index in [1.54, 1.807) is 30.3 Å². The molecule has 60 heavy (non-hydrogen) atoms. The normalized spacial score (nSPS) is 19.2. The monoisotopic (exact) mass is 850 g/mol. The summed E-state index contributed by atoms with van der Waals surface area (Å²) in [5.74, 6) is 0.338. The van der Waals surface area contributed by atoms with Crippen molar-refractivity contribution in [2.75, 3.05) is 57.1 Å². The van der Waals surface area contributed by atoms with E-state index in [1.807, 2.05) is 15.8 Å². The number of carbonyl (C=O) groups is 4. The molecule has 0 bridgehead atoms. The van der Waals surface area contributed by atoms with Crippen molar-refractivity contribution in [1.82, 2.24) is 29.9 Å². The van der Waals surface area contributed by atoms with Gasteiger partial charge in [-0.25, -0.2) is 9.78 Å². The highest BCUT2D eigenvalue weighted by Gasteiger charge is 2.33. The predicted molar refractivity (Wildman–Crippen MR) is 221 cm³/mol. The van der Waals surface area contributed by atoms with Gasteiger partial charge in [0.15, 0.2) is 0 Å². The second-order valence-corrected chi connectivity index (χ2v) is 16.6. The number of benzene rings is 2. The highest BCUT2D eigenvalue weighted by Crippen LogP contribution is 2.36. The number of urea groups is 1. The van der Waals surface area contributed by atoms with Crippen LogP contribution in [0, 0.1) is 11.8 Å². The van der Waals surface area contributed by atoms with Crippen molar-refractivity contribution >= 4 is 57.6 Å². The Labute approximate surface area is 351 Å². The van der Waals surface area contributed by atoms with E-state index in [-0.39, 0.29) is 36.5 Å². The summed E-state index contributed by atoms with van der Waals surface area (Å²) < 4.78 is 47.0. The van der Waals surface area contributed by atoms with Crippen molar-refractivity contribution < 1.29 is 37.1 Å². The zero-order chi connectivity index (χ0) is 42.6. The molecule has 13 nitrogen and oxygen atoms in total. The largest absolute Gasteiger partial charge is 0.494 e. The average molecular weight is 851 g/mol. The summed E-state index contributed by atoms with van der Waals surface area (Å²) in [5, 5.41) is 10.9. The van der Waals surface area contributed by atoms with Gasteiger partial charge >= 0.3 is 12.2 Å². The number of anilines is 2. The van der Waals surface area contributed by atoms with E-state index in [0.29, 0.717) is 58.2 Å². The molecule has 0 spiro atoms. The molecule has 7 rings (SSSR count). The average Bonchev–Trinajstić information content (AvgIpc) is 3.65. The number of ether oxygens (including phenoxy) is 1. The van der Waals surface area contributed by atoms with Crippen LogP contribution in [0.5, 0.6) is 5.75 Å². The zero-order valence-corrected chi connectivity index (χ0v) is 34.5. The van der Waals surface area contributed by atoms with Crippen molar-refractivity contribution in [3.63, 3.8) is 0 Å². The van der Waals surface area contributed by atoms with Gasteiger partial charge in [0.2, 0.25) is 5.91 Å². The SMILES string of the molecule is COc1cc2nn([C@H]3CC[C@H](CN(C)CCCCC4CCN(C(=O)c5ccc(Cl)c(N6CCC(=O)NC6=O)c5)CC4)CC3)cc2cc1NC(=O)c1cccc(C(F)(F)F)n1. The number of likely N-dealkylation sites (tertiary alicyclic amines) is 1. The van der Waals surface area contributed by atoms with Crippen LogP contribution in [0.3, 0.4) is 0 Å². The maximum Gasteiger partial charge on any atom is 0.433 e. The Morgan fingerprint density at radius 2 is 1.75 bits per heavy atom. The number of imide groups is 1. The predicted octanol–water partition coefficient (Wildman–Crippen LogP) is 8.20. The second-order valence-electron chi connectivity index (χ2n) is 16.2. The second kappa shape index (κ2) is 18.6. The number of alkyl halides is 3. The molecule has 0 unspecified atom stereocenters. The molecule has 0 radical (unpaired) electrons. The van der Waals surface area contributed by atoms with Crippen molar-refractivity contribution in [1.29, 1.82) is 0 Å². The number of carbonyl (C=O) groups excluding carboxylic acids is 4. The van der Waals surface area contributed by atoms with Crippen LogP contribution in [0.25, 0.3) is 10.9 Å². The van der Waals surface area contributed by atoms with E-state index < -0.39 is 23.8 Å². The van der Waals surface area contributed by atoms with Crippen LogP contribution in [-0.2, 0) is 11.0 Å². The van der Waals surface area contributed by atoms with Crippen LogP contribution < -0.4 is 20.3 Å². The fraction of sp³-hybridized carbons (Fsp3) is 0.488. The summed E-state index contributed by atoms with van der Waals surface area (Å²) in [6, 6.07) is 11.3. The molecule has 1 saturated carbocycles. The van der Waals surface area contributed by atoms with E-state index in [1.165, 1.54) is 18.1 Å². The first-order valence-electron chi connectivity index (χ1n) is 20.6. The molecule has 0 atom stereocenters. The fourth-order valence-electron chi connectivity index (χ4n) is 8.62. The Morgan fingerprint density at radius 3 is 2.47 bits per heavy atom. The van der Waals surface area contributed by atoms with E-state index >= 15 is 0 Å². The van der Waals surface area contributed by atoms with Crippen molar-refractivity contribution in [2.45, 2.75) is 76.4 Å². The van der Waals surface area contributed by atoms with Gasteiger partial charge in [-0.2, -0.15) is 18.3 Å². The van der Waals surface area contributed by atoms with Gasteiger partial charge < -0.3 is 19.9 Å². The maximum absolute atomic E-state index is 13.4. The number of amides is 5. The number of nitrogens with one attached hydrogen (secondary N) is 2. The van der Waals surface area contributed by atoms with Crippen LogP contribution in [0.15, 0.2) is 54.7 Å². The van der Waals surface area contributed by atoms with Gasteiger partial charge in [0.1, 0.15) is 17.1 Å². The Hall–Kier alpha value is -5.22. The van der Waals surface area contributed by atoms with Crippen LogP contribution in [0.4, 0.5) is 29.3 Å². The molecule has 1 aliphatic carbocycles. The standard InChI is InChI=1S/C43H50ClF3N8O5/c1-52(18-4-3-6-27-15-19-53(20-16-27)41(58)29-11-14-32(44)36(23-29)54-21-17-39(56)50-42(54)59)25-28-9-12-31(13-10-28)55-26-30-22-35(37(60-2)24-34(30)51-55)49-40(57)33-7-5-8-38(48-33)43(45,46)47/h5,7-8,11,14,22-24,26-28,31H,3-4,6,9-10,12-13,15-21,25H2,1-2H3,(H,49,57)(H,50,56,59)/t28-,31-. The number of hydrogen-bond donors (Lipinski definition) is 2. The molecule has 4 heterocycles. The summed E-state index contributed by atoms with van der Waals surface area (Å²) in [6.07, 6.45) is 6.93. The molecule has 320 valence electrons. The molecule has 2 aromatic carbocycles. The fourth-order valence-corrected chi connectivity index (χ4v) is 8.84. The molecular weight excluding hydrogens is 801 g/mol. The molecule has 4 aromatic rings. The summed E-state index contributed by atoms with van der Waals surface area (Å²) in [6.45, 7) is 3.67. The topological polar surface area (TPSA) is 142 Å². The number of nitrogens with zero attached hydrogens (tertiary/aromatic N) is 6. The highest BCUT2D eigenvalue weighted by molar-refractivity contribution is 6.34. The van der Waals surface area contributed by atoms with E-state index in [9.17, 15) is 32.3 Å². The minimum absolute atomic E-state index is 0.0782. The van der Waals surface area contributed by atoms with E-state index in [2.05, 4.69) is 27.6 Å². The summed E-state index contributed by atoms with van der Waals surface area (Å²) in [5.41, 5.74) is 0.421. The Morgan fingerprint density at radius 1 is 0.983 bits per heavy atom. The molecule has 2 saturated heterocycles. The van der Waals surface area contributed by atoms with Gasteiger partial charge in [-0.3, -0.25) is 29.3 Å². The van der Waals surface area contributed by atoms with Crippen LogP contribution in [0.2, 0.25) is 5.02 Å². The maximum atomic E-state index is 13.4. The summed E-state index contributed by atoms with van der Waals surface area (Å²) >= 11 is 6.38. The smallest absolute Gasteiger partial charge is 0.433 e. The third-order valence-corrected chi connectivity index (χ3v) is 12.3. The lowest BCUT2D eigenvalue weighted by atomic mass is 9.85. The van der Waals surface area contributed by atoms with Crippen LogP contribution >= 0.6 is 11.6 Å². The molecule has 17 heteroatoms. The lowest BCUT2D eigenvalue weighted by molar-refractivity contribution is -0.141. The number of fused-ring (bicyclic) bond motifs is 1. The molecule has 3 fully saturated rings. The number of pyridine rings is 1. The van der Waals surface area contributed by atoms with Crippen LogP contribution in [0.1, 0.15) is 96.8 Å². The van der Waals surface area contributed by atoms with Gasteiger partial charge in [-0.15, -0.1) is 0 Å². The molecule has 2 N–H and O–H groups in total. The third-order valence-electron chi connectivity index (χ3n) is 12.0. The number of halogens is 4. The Bertz CT molecular complexity index is 2220. The quantitative estimate of drug-likeness (QED) is 0.128.